The smallest absolute Gasteiger partial charge is 0.257 e. The van der Waals surface area contributed by atoms with Crippen LogP contribution in [0.25, 0.3) is 0 Å². The highest BCUT2D eigenvalue weighted by Gasteiger charge is 2.14. The van der Waals surface area contributed by atoms with Crippen LogP contribution in [0.3, 0.4) is 0 Å². The molecule has 0 fully saturated rings. The molecule has 0 saturated heterocycles. The van der Waals surface area contributed by atoms with Crippen molar-refractivity contribution in [1.29, 1.82) is 0 Å². The van der Waals surface area contributed by atoms with Gasteiger partial charge < -0.3 is 20.5 Å². The third kappa shape index (κ3) is 2.95. The molecule has 1 amide bonds. The van der Waals surface area contributed by atoms with Crippen molar-refractivity contribution in [2.45, 2.75) is 0 Å². The lowest BCUT2D eigenvalue weighted by Crippen LogP contribution is -2.17. The largest absolute Gasteiger partial charge is 0.486 e. The van der Waals surface area contributed by atoms with Crippen LogP contribution in [0, 0.1) is 0 Å². The van der Waals surface area contributed by atoms with E-state index in [-0.39, 0.29) is 5.91 Å². The van der Waals surface area contributed by atoms with Gasteiger partial charge in [0.05, 0.1) is 5.56 Å². The summed E-state index contributed by atoms with van der Waals surface area (Å²) in [7, 11) is 0. The Morgan fingerprint density at radius 2 is 1.86 bits per heavy atom. The number of hydrogen-bond donors (Lipinski definition) is 2. The molecule has 5 nitrogen and oxygen atoms in total. The van der Waals surface area contributed by atoms with E-state index in [0.29, 0.717) is 41.7 Å². The molecular weight excluding hydrogens is 336 g/mol. The number of nitrogens with two attached hydrogens (primary N) is 1. The molecule has 0 radical (unpaired) electrons. The fourth-order valence-corrected chi connectivity index (χ4v) is 2.41. The first kappa shape index (κ1) is 13.8. The zero-order valence-corrected chi connectivity index (χ0v) is 12.6. The number of ether oxygens (including phenoxy) is 2. The molecule has 2 aromatic rings. The molecule has 0 saturated carbocycles. The van der Waals surface area contributed by atoms with Crippen molar-refractivity contribution in [3.63, 3.8) is 0 Å². The van der Waals surface area contributed by atoms with Crippen molar-refractivity contribution in [2.75, 3.05) is 24.3 Å². The number of nitrogen functional groups attached to an aromatic ring is 1. The molecular formula is C15H13BrN2O3. The van der Waals surface area contributed by atoms with E-state index >= 15 is 0 Å². The van der Waals surface area contributed by atoms with Gasteiger partial charge in [-0.2, -0.15) is 0 Å². The molecule has 0 bridgehead atoms. The lowest BCUT2D eigenvalue weighted by molar-refractivity contribution is 0.102. The van der Waals surface area contributed by atoms with Crippen LogP contribution in [-0.4, -0.2) is 19.1 Å². The monoisotopic (exact) mass is 348 g/mol. The van der Waals surface area contributed by atoms with Gasteiger partial charge in [-0.1, -0.05) is 15.9 Å². The number of carbonyl (C=O) groups excluding carboxylic acids is 1. The third-order valence-corrected chi connectivity index (χ3v) is 3.55. The first-order valence-electron chi connectivity index (χ1n) is 6.39. The Morgan fingerprint density at radius 3 is 2.67 bits per heavy atom. The quantitative estimate of drug-likeness (QED) is 0.818. The van der Waals surface area contributed by atoms with E-state index in [0.717, 1.165) is 4.47 Å². The van der Waals surface area contributed by atoms with Crippen LogP contribution in [0.4, 0.5) is 11.4 Å². The summed E-state index contributed by atoms with van der Waals surface area (Å²) >= 11 is 3.33. The fraction of sp³-hybridized carbons (Fsp3) is 0.133. The van der Waals surface area contributed by atoms with Gasteiger partial charge in [-0.05, 0) is 30.3 Å². The lowest BCUT2D eigenvalue weighted by Gasteiger charge is -2.19. The number of benzene rings is 2. The molecule has 108 valence electrons. The molecule has 1 aliphatic heterocycles. The second-order valence-electron chi connectivity index (χ2n) is 4.54. The molecule has 0 aliphatic carbocycles. The van der Waals surface area contributed by atoms with Gasteiger partial charge in [0.15, 0.2) is 11.5 Å². The summed E-state index contributed by atoms with van der Waals surface area (Å²) in [5.41, 5.74) is 7.30. The van der Waals surface area contributed by atoms with Gasteiger partial charge in [0, 0.05) is 21.9 Å². The molecule has 6 heteroatoms. The summed E-state index contributed by atoms with van der Waals surface area (Å²) in [4.78, 5) is 12.3. The van der Waals surface area contributed by atoms with E-state index < -0.39 is 0 Å². The number of hydrogen-bond acceptors (Lipinski definition) is 4. The van der Waals surface area contributed by atoms with Crippen LogP contribution in [0.5, 0.6) is 11.5 Å². The number of nitrogens with one attached hydrogen (secondary N) is 1. The number of halogens is 1. The maximum atomic E-state index is 12.3. The molecule has 1 heterocycles. The summed E-state index contributed by atoms with van der Waals surface area (Å²) in [5.74, 6) is 1.04. The standard InChI is InChI=1S/C15H13BrN2O3/c16-9-1-3-12(17)11(7-9)15(19)18-10-2-4-13-14(8-10)21-6-5-20-13/h1-4,7-8H,5-6,17H2,(H,18,19). The Hall–Kier alpha value is -2.21. The van der Waals surface area contributed by atoms with E-state index in [2.05, 4.69) is 21.2 Å². The zero-order chi connectivity index (χ0) is 14.8. The third-order valence-electron chi connectivity index (χ3n) is 3.06. The minimum atomic E-state index is -0.273. The topological polar surface area (TPSA) is 73.6 Å². The fourth-order valence-electron chi connectivity index (χ4n) is 2.04. The van der Waals surface area contributed by atoms with Crippen LogP contribution < -0.4 is 20.5 Å². The van der Waals surface area contributed by atoms with E-state index in [1.54, 1.807) is 36.4 Å². The van der Waals surface area contributed by atoms with Gasteiger partial charge in [0.1, 0.15) is 13.2 Å². The maximum Gasteiger partial charge on any atom is 0.257 e. The molecule has 1 aliphatic rings. The molecule has 0 aromatic heterocycles. The van der Waals surface area contributed by atoms with Crippen LogP contribution in [0.2, 0.25) is 0 Å². The molecule has 2 aromatic carbocycles. The van der Waals surface area contributed by atoms with Gasteiger partial charge in [-0.3, -0.25) is 4.79 Å². The minimum Gasteiger partial charge on any atom is -0.486 e. The lowest BCUT2D eigenvalue weighted by atomic mass is 10.1. The zero-order valence-electron chi connectivity index (χ0n) is 11.1. The molecule has 3 rings (SSSR count). The van der Waals surface area contributed by atoms with Crippen LogP contribution >= 0.6 is 15.9 Å². The number of amides is 1. The summed E-state index contributed by atoms with van der Waals surface area (Å²) in [5, 5.41) is 2.80. The number of fused-ring (bicyclic) bond motifs is 1. The highest BCUT2D eigenvalue weighted by atomic mass is 79.9. The normalized spacial score (nSPS) is 12.8. The number of carbonyl (C=O) groups is 1. The van der Waals surface area contributed by atoms with Crippen molar-refractivity contribution < 1.29 is 14.3 Å². The molecule has 3 N–H and O–H groups in total. The van der Waals surface area contributed by atoms with E-state index in [1.165, 1.54) is 0 Å². The van der Waals surface area contributed by atoms with E-state index in [1.807, 2.05) is 0 Å². The molecule has 21 heavy (non-hydrogen) atoms. The highest BCUT2D eigenvalue weighted by molar-refractivity contribution is 9.10. The minimum absolute atomic E-state index is 0.273. The Morgan fingerprint density at radius 1 is 1.10 bits per heavy atom. The van der Waals surface area contributed by atoms with Gasteiger partial charge >= 0.3 is 0 Å². The van der Waals surface area contributed by atoms with Crippen LogP contribution in [0.15, 0.2) is 40.9 Å². The average molecular weight is 349 g/mol. The van der Waals surface area contributed by atoms with E-state index in [4.69, 9.17) is 15.2 Å². The second kappa shape index (κ2) is 5.65. The Bertz CT molecular complexity index is 703. The van der Waals surface area contributed by atoms with Gasteiger partial charge in [-0.25, -0.2) is 0 Å². The number of anilines is 2. The Labute approximate surface area is 130 Å². The predicted molar refractivity (Wildman–Crippen MR) is 83.9 cm³/mol. The van der Waals surface area contributed by atoms with Gasteiger partial charge in [0.2, 0.25) is 0 Å². The van der Waals surface area contributed by atoms with Crippen molar-refractivity contribution in [3.05, 3.63) is 46.4 Å². The van der Waals surface area contributed by atoms with E-state index in [9.17, 15) is 4.79 Å². The van der Waals surface area contributed by atoms with Crippen molar-refractivity contribution in [1.82, 2.24) is 0 Å². The predicted octanol–water partition coefficient (Wildman–Crippen LogP) is 3.05. The molecule has 0 atom stereocenters. The highest BCUT2D eigenvalue weighted by Crippen LogP contribution is 2.32. The van der Waals surface area contributed by atoms with Crippen molar-refractivity contribution in [2.24, 2.45) is 0 Å². The molecule has 0 spiro atoms. The van der Waals surface area contributed by atoms with Crippen molar-refractivity contribution >= 4 is 33.2 Å². The van der Waals surface area contributed by atoms with Gasteiger partial charge in [-0.15, -0.1) is 0 Å². The van der Waals surface area contributed by atoms with Crippen LogP contribution in [-0.2, 0) is 0 Å². The van der Waals surface area contributed by atoms with Crippen LogP contribution in [0.1, 0.15) is 10.4 Å². The first-order chi connectivity index (χ1) is 10.1. The van der Waals surface area contributed by atoms with Gasteiger partial charge in [0.25, 0.3) is 5.91 Å². The average Bonchev–Trinajstić information content (AvgIpc) is 2.49. The second-order valence-corrected chi connectivity index (χ2v) is 5.46. The summed E-state index contributed by atoms with van der Waals surface area (Å²) < 4.78 is 11.7. The maximum absolute atomic E-state index is 12.3. The van der Waals surface area contributed by atoms with Crippen molar-refractivity contribution in [3.8, 4) is 11.5 Å². The summed E-state index contributed by atoms with van der Waals surface area (Å²) in [6, 6.07) is 10.4. The Kier molecular flexibility index (Phi) is 3.70. The number of rotatable bonds is 2. The Balaban J connectivity index is 1.83. The summed E-state index contributed by atoms with van der Waals surface area (Å²) in [6.45, 7) is 1.04. The first-order valence-corrected chi connectivity index (χ1v) is 7.19. The molecule has 0 unspecified atom stereocenters. The SMILES string of the molecule is Nc1ccc(Br)cc1C(=O)Nc1ccc2c(c1)OCCO2. The summed E-state index contributed by atoms with van der Waals surface area (Å²) in [6.07, 6.45) is 0.